The standard InChI is InChI=1S/C30H47NO10/c1-16(2)18(5)38-28(34)40-24-13-12-22(15-25(24)41-29(35)39-19(6)17(3)4)14-23(31)26(32)36-20(7)21(8)37-27(33)30(9,10)11/h12-13,15-21,23H,14,31H2,1-11H3/t18?,19?,20-,21-,23-/m0/s1. The molecule has 1 aromatic rings. The highest BCUT2D eigenvalue weighted by Crippen LogP contribution is 2.30. The molecule has 0 aliphatic heterocycles. The summed E-state index contributed by atoms with van der Waals surface area (Å²) in [7, 11) is 0. The lowest BCUT2D eigenvalue weighted by molar-refractivity contribution is -0.171. The van der Waals surface area contributed by atoms with Crippen LogP contribution >= 0.6 is 0 Å². The zero-order chi connectivity index (χ0) is 31.7. The summed E-state index contributed by atoms with van der Waals surface area (Å²) in [6, 6.07) is 3.29. The SMILES string of the molecule is CC(C)C(C)OC(=O)Oc1ccc(C[C@H](N)C(=O)O[C@@H](C)[C@H](C)OC(=O)C(C)(C)C)cc1OC(=O)OC(C)C(C)C. The number of esters is 2. The second kappa shape index (κ2) is 15.6. The van der Waals surface area contributed by atoms with Crippen LogP contribution < -0.4 is 15.2 Å². The van der Waals surface area contributed by atoms with Crippen LogP contribution in [0.25, 0.3) is 0 Å². The Kier molecular flexibility index (Phi) is 13.6. The number of hydrogen-bond donors (Lipinski definition) is 1. The molecule has 0 fully saturated rings. The average Bonchev–Trinajstić information content (AvgIpc) is 2.84. The molecule has 0 radical (unpaired) electrons. The minimum Gasteiger partial charge on any atom is -0.458 e. The summed E-state index contributed by atoms with van der Waals surface area (Å²) in [5.41, 5.74) is 5.89. The molecule has 0 amide bonds. The maximum absolute atomic E-state index is 12.7. The predicted molar refractivity (Wildman–Crippen MR) is 152 cm³/mol. The van der Waals surface area contributed by atoms with Gasteiger partial charge < -0.3 is 34.2 Å². The van der Waals surface area contributed by atoms with Gasteiger partial charge in [-0.25, -0.2) is 9.59 Å². The fourth-order valence-electron chi connectivity index (χ4n) is 2.79. The van der Waals surface area contributed by atoms with Crippen LogP contribution in [0.15, 0.2) is 18.2 Å². The second-order valence-corrected chi connectivity index (χ2v) is 11.9. The summed E-state index contributed by atoms with van der Waals surface area (Å²) in [4.78, 5) is 49.6. The lowest BCUT2D eigenvalue weighted by Crippen LogP contribution is -2.40. The van der Waals surface area contributed by atoms with Crippen molar-refractivity contribution in [2.75, 3.05) is 0 Å². The Balaban J connectivity index is 3.03. The quantitative estimate of drug-likeness (QED) is 0.187. The number of rotatable bonds is 12. The average molecular weight is 582 g/mol. The Morgan fingerprint density at radius 1 is 0.683 bits per heavy atom. The molecule has 0 aromatic heterocycles. The lowest BCUT2D eigenvalue weighted by atomic mass is 9.97. The van der Waals surface area contributed by atoms with Gasteiger partial charge in [-0.1, -0.05) is 33.8 Å². The van der Waals surface area contributed by atoms with E-state index < -0.39 is 60.1 Å². The molecular formula is C30H47NO10. The van der Waals surface area contributed by atoms with E-state index in [9.17, 15) is 19.2 Å². The van der Waals surface area contributed by atoms with Crippen molar-refractivity contribution in [2.24, 2.45) is 23.0 Å². The van der Waals surface area contributed by atoms with Gasteiger partial charge in [0.1, 0.15) is 30.5 Å². The monoisotopic (exact) mass is 581 g/mol. The number of hydrogen-bond acceptors (Lipinski definition) is 11. The molecule has 0 saturated heterocycles. The van der Waals surface area contributed by atoms with Crippen molar-refractivity contribution in [1.82, 2.24) is 0 Å². The molecule has 0 aliphatic carbocycles. The molecule has 1 rings (SSSR count). The molecule has 0 aliphatic rings. The van der Waals surface area contributed by atoms with E-state index in [0.29, 0.717) is 5.56 Å². The largest absolute Gasteiger partial charge is 0.514 e. The molecule has 5 atom stereocenters. The van der Waals surface area contributed by atoms with Crippen LogP contribution in [0.3, 0.4) is 0 Å². The van der Waals surface area contributed by atoms with Gasteiger partial charge in [0.2, 0.25) is 0 Å². The Morgan fingerprint density at radius 2 is 1.15 bits per heavy atom. The van der Waals surface area contributed by atoms with Crippen LogP contribution in [0, 0.1) is 17.3 Å². The first-order valence-corrected chi connectivity index (χ1v) is 13.9. The third kappa shape index (κ3) is 12.4. The van der Waals surface area contributed by atoms with Gasteiger partial charge in [0.15, 0.2) is 11.5 Å². The van der Waals surface area contributed by atoms with Gasteiger partial charge in [0.05, 0.1) is 5.41 Å². The smallest absolute Gasteiger partial charge is 0.458 e. The molecule has 11 nitrogen and oxygen atoms in total. The molecule has 2 unspecified atom stereocenters. The number of benzene rings is 1. The van der Waals surface area contributed by atoms with Gasteiger partial charge in [-0.3, -0.25) is 9.59 Å². The zero-order valence-electron chi connectivity index (χ0n) is 26.1. The predicted octanol–water partition coefficient (Wildman–Crippen LogP) is 5.59. The highest BCUT2D eigenvalue weighted by Gasteiger charge is 2.29. The molecule has 2 N–H and O–H groups in total. The topological polar surface area (TPSA) is 150 Å². The van der Waals surface area contributed by atoms with Crippen molar-refractivity contribution < 1.29 is 47.6 Å². The highest BCUT2D eigenvalue weighted by atomic mass is 16.8. The summed E-state index contributed by atoms with van der Waals surface area (Å²) in [6.45, 7) is 19.4. The number of carbonyl (C=O) groups excluding carboxylic acids is 4. The van der Waals surface area contributed by atoms with E-state index >= 15 is 0 Å². The number of nitrogens with two attached hydrogens (primary N) is 1. The van der Waals surface area contributed by atoms with Gasteiger partial charge in [-0.2, -0.15) is 0 Å². The van der Waals surface area contributed by atoms with E-state index in [0.717, 1.165) is 0 Å². The summed E-state index contributed by atoms with van der Waals surface area (Å²) >= 11 is 0. The Morgan fingerprint density at radius 3 is 1.61 bits per heavy atom. The van der Waals surface area contributed by atoms with Crippen molar-refractivity contribution in [3.05, 3.63) is 23.8 Å². The molecule has 0 spiro atoms. The summed E-state index contributed by atoms with van der Waals surface area (Å²) in [5, 5.41) is 0. The van der Waals surface area contributed by atoms with Gasteiger partial charge >= 0.3 is 24.2 Å². The van der Waals surface area contributed by atoms with Crippen molar-refractivity contribution in [1.29, 1.82) is 0 Å². The van der Waals surface area contributed by atoms with Crippen LogP contribution in [-0.2, 0) is 35.0 Å². The van der Waals surface area contributed by atoms with E-state index in [1.165, 1.54) is 12.1 Å². The van der Waals surface area contributed by atoms with Gasteiger partial charge in [-0.15, -0.1) is 0 Å². The first kappa shape index (κ1) is 35.7. The molecule has 0 saturated carbocycles. The van der Waals surface area contributed by atoms with E-state index in [1.807, 2.05) is 27.7 Å². The van der Waals surface area contributed by atoms with Gasteiger partial charge in [0.25, 0.3) is 0 Å². The fraction of sp³-hybridized carbons (Fsp3) is 0.667. The van der Waals surface area contributed by atoms with E-state index in [-0.39, 0.29) is 29.8 Å². The third-order valence-electron chi connectivity index (χ3n) is 6.46. The highest BCUT2D eigenvalue weighted by molar-refractivity contribution is 5.77. The van der Waals surface area contributed by atoms with Crippen LogP contribution in [0.5, 0.6) is 11.5 Å². The Labute approximate surface area is 243 Å². The molecular weight excluding hydrogens is 534 g/mol. The summed E-state index contributed by atoms with van der Waals surface area (Å²) < 4.78 is 32.0. The molecule has 232 valence electrons. The van der Waals surface area contributed by atoms with Crippen molar-refractivity contribution in [3.8, 4) is 11.5 Å². The first-order valence-electron chi connectivity index (χ1n) is 13.9. The maximum Gasteiger partial charge on any atom is 0.514 e. The van der Waals surface area contributed by atoms with E-state index in [4.69, 9.17) is 34.2 Å². The van der Waals surface area contributed by atoms with Crippen molar-refractivity contribution in [3.63, 3.8) is 0 Å². The molecule has 0 bridgehead atoms. The number of carbonyl (C=O) groups is 4. The maximum atomic E-state index is 12.7. The van der Waals surface area contributed by atoms with Crippen LogP contribution in [0.4, 0.5) is 9.59 Å². The first-order chi connectivity index (χ1) is 18.8. The molecule has 41 heavy (non-hydrogen) atoms. The third-order valence-corrected chi connectivity index (χ3v) is 6.46. The summed E-state index contributed by atoms with van der Waals surface area (Å²) in [5.74, 6) is -1.22. The van der Waals surface area contributed by atoms with Gasteiger partial charge in [0, 0.05) is 0 Å². The minimum atomic E-state index is -1.09. The normalized spacial score (nSPS) is 15.3. The van der Waals surface area contributed by atoms with Crippen molar-refractivity contribution >= 4 is 24.2 Å². The molecule has 0 heterocycles. The van der Waals surface area contributed by atoms with E-state index in [2.05, 4.69) is 0 Å². The van der Waals surface area contributed by atoms with Crippen molar-refractivity contribution in [2.45, 2.75) is 113 Å². The van der Waals surface area contributed by atoms with Crippen LogP contribution in [0.2, 0.25) is 0 Å². The molecule has 11 heteroatoms. The van der Waals surface area contributed by atoms with Crippen LogP contribution in [-0.4, -0.2) is 54.7 Å². The Bertz CT molecular complexity index is 1050. The summed E-state index contributed by atoms with van der Waals surface area (Å²) in [6.07, 6.45) is -4.23. The fourth-order valence-corrected chi connectivity index (χ4v) is 2.79. The molecule has 1 aromatic carbocycles. The zero-order valence-corrected chi connectivity index (χ0v) is 26.1. The van der Waals surface area contributed by atoms with Gasteiger partial charge in [-0.05, 0) is 84.4 Å². The van der Waals surface area contributed by atoms with E-state index in [1.54, 1.807) is 54.5 Å². The Hall–Kier alpha value is -3.34. The second-order valence-electron chi connectivity index (χ2n) is 11.9. The number of ether oxygens (including phenoxy) is 6. The minimum absolute atomic E-state index is 0.00459. The lowest BCUT2D eigenvalue weighted by Gasteiger charge is -2.25. The van der Waals surface area contributed by atoms with Crippen LogP contribution in [0.1, 0.15) is 81.7 Å².